The van der Waals surface area contributed by atoms with E-state index in [0.717, 1.165) is 19.5 Å². The molecule has 1 heterocycles. The van der Waals surface area contributed by atoms with E-state index in [-0.39, 0.29) is 18.8 Å². The Labute approximate surface area is 121 Å². The van der Waals surface area contributed by atoms with Gasteiger partial charge in [-0.3, -0.25) is 4.90 Å². The van der Waals surface area contributed by atoms with Gasteiger partial charge in [-0.1, -0.05) is 29.8 Å². The highest BCUT2D eigenvalue weighted by Gasteiger charge is 2.25. The molecule has 1 aromatic rings. The maximum Gasteiger partial charge on any atom is 0.0933 e. The van der Waals surface area contributed by atoms with Crippen LogP contribution in [-0.2, 0) is 4.74 Å². The van der Waals surface area contributed by atoms with Gasteiger partial charge in [-0.15, -0.1) is 0 Å². The van der Waals surface area contributed by atoms with Crippen molar-refractivity contribution >= 4 is 0 Å². The standard InChI is InChI=1S/C16H26N2O2/c1-12-4-3-5-14(8-12)16(17)6-7-18-9-15(10-19)20-11-13(18)2/h3-5,8,13,15-16,19H,6-7,9-11,17H2,1-2H3. The number of benzene rings is 1. The number of aryl methyl sites for hydroxylation is 1. The highest BCUT2D eigenvalue weighted by molar-refractivity contribution is 5.24. The average molecular weight is 278 g/mol. The van der Waals surface area contributed by atoms with Gasteiger partial charge >= 0.3 is 0 Å². The van der Waals surface area contributed by atoms with Crippen molar-refractivity contribution in [2.45, 2.75) is 38.5 Å². The molecule has 3 unspecified atom stereocenters. The summed E-state index contributed by atoms with van der Waals surface area (Å²) in [5, 5.41) is 9.20. The molecule has 0 aromatic heterocycles. The first kappa shape index (κ1) is 15.4. The molecule has 0 saturated carbocycles. The van der Waals surface area contributed by atoms with Crippen LogP contribution in [0.4, 0.5) is 0 Å². The summed E-state index contributed by atoms with van der Waals surface area (Å²) in [6.07, 6.45) is 0.868. The third-order valence-corrected chi connectivity index (χ3v) is 4.04. The van der Waals surface area contributed by atoms with Crippen molar-refractivity contribution < 1.29 is 9.84 Å². The van der Waals surface area contributed by atoms with Crippen LogP contribution in [-0.4, -0.2) is 48.5 Å². The van der Waals surface area contributed by atoms with Crippen LogP contribution in [0.1, 0.15) is 30.5 Å². The highest BCUT2D eigenvalue weighted by atomic mass is 16.5. The molecule has 0 radical (unpaired) electrons. The van der Waals surface area contributed by atoms with E-state index in [2.05, 4.69) is 43.0 Å². The van der Waals surface area contributed by atoms with Gasteiger partial charge in [-0.05, 0) is 25.8 Å². The SMILES string of the molecule is Cc1cccc(C(N)CCN2CC(CO)OCC2C)c1. The van der Waals surface area contributed by atoms with Crippen LogP contribution in [0.5, 0.6) is 0 Å². The lowest BCUT2D eigenvalue weighted by Gasteiger charge is -2.37. The first-order valence-corrected chi connectivity index (χ1v) is 7.38. The molecule has 1 aliphatic rings. The van der Waals surface area contributed by atoms with Gasteiger partial charge in [0, 0.05) is 25.2 Å². The maximum atomic E-state index is 9.20. The lowest BCUT2D eigenvalue weighted by atomic mass is 10.0. The molecule has 1 saturated heterocycles. The number of aliphatic hydroxyl groups is 1. The monoisotopic (exact) mass is 278 g/mol. The maximum absolute atomic E-state index is 9.20. The van der Waals surface area contributed by atoms with Crippen LogP contribution < -0.4 is 5.73 Å². The van der Waals surface area contributed by atoms with Gasteiger partial charge in [-0.25, -0.2) is 0 Å². The minimum Gasteiger partial charge on any atom is -0.394 e. The molecule has 0 spiro atoms. The molecule has 1 fully saturated rings. The number of rotatable bonds is 5. The Morgan fingerprint density at radius 2 is 2.30 bits per heavy atom. The normalized spacial score (nSPS) is 25.6. The zero-order valence-electron chi connectivity index (χ0n) is 12.5. The van der Waals surface area contributed by atoms with Crippen molar-refractivity contribution in [1.82, 2.24) is 4.90 Å². The van der Waals surface area contributed by atoms with Crippen molar-refractivity contribution in [3.63, 3.8) is 0 Å². The number of ether oxygens (including phenoxy) is 1. The molecule has 112 valence electrons. The zero-order chi connectivity index (χ0) is 14.5. The van der Waals surface area contributed by atoms with Gasteiger partial charge in [-0.2, -0.15) is 0 Å². The number of hydrogen-bond donors (Lipinski definition) is 2. The molecule has 4 nitrogen and oxygen atoms in total. The van der Waals surface area contributed by atoms with E-state index in [0.29, 0.717) is 12.6 Å². The van der Waals surface area contributed by atoms with Crippen LogP contribution in [0.3, 0.4) is 0 Å². The third kappa shape index (κ3) is 4.03. The fourth-order valence-electron chi connectivity index (χ4n) is 2.67. The van der Waals surface area contributed by atoms with Crippen LogP contribution in [0, 0.1) is 6.92 Å². The average Bonchev–Trinajstić information content (AvgIpc) is 2.46. The summed E-state index contributed by atoms with van der Waals surface area (Å²) < 4.78 is 5.55. The van der Waals surface area contributed by atoms with Crippen LogP contribution >= 0.6 is 0 Å². The molecule has 20 heavy (non-hydrogen) atoms. The van der Waals surface area contributed by atoms with E-state index in [9.17, 15) is 5.11 Å². The molecule has 0 bridgehead atoms. The lowest BCUT2D eigenvalue weighted by molar-refractivity contribution is -0.0782. The number of morpholine rings is 1. The van der Waals surface area contributed by atoms with Crippen molar-refractivity contribution in [3.8, 4) is 0 Å². The molecule has 0 aliphatic carbocycles. The van der Waals surface area contributed by atoms with Crippen LogP contribution in [0.25, 0.3) is 0 Å². The van der Waals surface area contributed by atoms with Gasteiger partial charge in [0.15, 0.2) is 0 Å². The molecule has 2 rings (SSSR count). The Kier molecular flexibility index (Phi) is 5.54. The van der Waals surface area contributed by atoms with Gasteiger partial charge in [0.1, 0.15) is 0 Å². The molecule has 3 atom stereocenters. The van der Waals surface area contributed by atoms with Gasteiger partial charge < -0.3 is 15.6 Å². The van der Waals surface area contributed by atoms with Gasteiger partial charge in [0.25, 0.3) is 0 Å². The van der Waals surface area contributed by atoms with Crippen LogP contribution in [0.2, 0.25) is 0 Å². The van der Waals surface area contributed by atoms with Crippen LogP contribution in [0.15, 0.2) is 24.3 Å². The molecule has 4 heteroatoms. The summed E-state index contributed by atoms with van der Waals surface area (Å²) >= 11 is 0. The summed E-state index contributed by atoms with van der Waals surface area (Å²) in [5.74, 6) is 0. The Morgan fingerprint density at radius 1 is 1.50 bits per heavy atom. The molecular formula is C16H26N2O2. The summed E-state index contributed by atoms with van der Waals surface area (Å²) in [5.41, 5.74) is 8.73. The lowest BCUT2D eigenvalue weighted by Crippen LogP contribution is -2.50. The predicted octanol–water partition coefficient (Wildman–Crippen LogP) is 1.47. The second-order valence-corrected chi connectivity index (χ2v) is 5.79. The quantitative estimate of drug-likeness (QED) is 0.856. The van der Waals surface area contributed by atoms with E-state index in [4.69, 9.17) is 10.5 Å². The van der Waals surface area contributed by atoms with E-state index >= 15 is 0 Å². The number of nitrogens with zero attached hydrogens (tertiary/aromatic N) is 1. The molecule has 0 amide bonds. The number of aliphatic hydroxyl groups excluding tert-OH is 1. The molecule has 1 aliphatic heterocycles. The Bertz CT molecular complexity index is 425. The second-order valence-electron chi connectivity index (χ2n) is 5.79. The summed E-state index contributed by atoms with van der Waals surface area (Å²) in [6, 6.07) is 8.86. The fourth-order valence-corrected chi connectivity index (χ4v) is 2.67. The van der Waals surface area contributed by atoms with E-state index < -0.39 is 0 Å². The minimum atomic E-state index is -0.0543. The van der Waals surface area contributed by atoms with Crippen molar-refractivity contribution in [3.05, 3.63) is 35.4 Å². The highest BCUT2D eigenvalue weighted by Crippen LogP contribution is 2.18. The van der Waals surface area contributed by atoms with Crippen molar-refractivity contribution in [2.24, 2.45) is 5.73 Å². The zero-order valence-corrected chi connectivity index (χ0v) is 12.5. The Balaban J connectivity index is 1.87. The first-order chi connectivity index (χ1) is 9.60. The van der Waals surface area contributed by atoms with Gasteiger partial charge in [0.05, 0.1) is 19.3 Å². The molecular weight excluding hydrogens is 252 g/mol. The summed E-state index contributed by atoms with van der Waals surface area (Å²) in [6.45, 7) is 6.75. The smallest absolute Gasteiger partial charge is 0.0933 e. The number of hydrogen-bond acceptors (Lipinski definition) is 4. The largest absolute Gasteiger partial charge is 0.394 e. The predicted molar refractivity (Wildman–Crippen MR) is 80.6 cm³/mol. The second kappa shape index (κ2) is 7.18. The molecule has 1 aromatic carbocycles. The van der Waals surface area contributed by atoms with Crippen molar-refractivity contribution in [2.75, 3.05) is 26.3 Å². The Morgan fingerprint density at radius 3 is 3.00 bits per heavy atom. The van der Waals surface area contributed by atoms with Gasteiger partial charge in [0.2, 0.25) is 0 Å². The first-order valence-electron chi connectivity index (χ1n) is 7.38. The van der Waals surface area contributed by atoms with E-state index in [1.165, 1.54) is 11.1 Å². The van der Waals surface area contributed by atoms with Crippen molar-refractivity contribution in [1.29, 1.82) is 0 Å². The summed E-state index contributed by atoms with van der Waals surface area (Å²) in [7, 11) is 0. The minimum absolute atomic E-state index is 0.0543. The van der Waals surface area contributed by atoms with E-state index in [1.807, 2.05) is 0 Å². The number of nitrogens with two attached hydrogens (primary N) is 1. The molecule has 3 N–H and O–H groups in total. The van der Waals surface area contributed by atoms with E-state index in [1.54, 1.807) is 0 Å². The topological polar surface area (TPSA) is 58.7 Å². The Hall–Kier alpha value is -0.940. The summed E-state index contributed by atoms with van der Waals surface area (Å²) in [4.78, 5) is 2.36. The fraction of sp³-hybridized carbons (Fsp3) is 0.625. The third-order valence-electron chi connectivity index (χ3n) is 4.04.